The van der Waals surface area contributed by atoms with Gasteiger partial charge in [0.15, 0.2) is 0 Å². The van der Waals surface area contributed by atoms with E-state index in [2.05, 4.69) is 121 Å². The van der Waals surface area contributed by atoms with Crippen LogP contribution in [0, 0.1) is 0 Å². The van der Waals surface area contributed by atoms with Gasteiger partial charge in [0.2, 0.25) is 0 Å². The van der Waals surface area contributed by atoms with Crippen LogP contribution < -0.4 is 27.0 Å². The van der Waals surface area contributed by atoms with E-state index in [1.165, 1.54) is 21.2 Å². The molecule has 1 unspecified atom stereocenters. The van der Waals surface area contributed by atoms with Crippen molar-refractivity contribution in [2.45, 2.75) is 12.2 Å². The first-order valence-corrected chi connectivity index (χ1v) is 13.3. The third-order valence-corrected chi connectivity index (χ3v) is 10.4. The molecule has 0 saturated carbocycles. The van der Waals surface area contributed by atoms with Crippen molar-refractivity contribution in [2.24, 2.45) is 5.73 Å². The van der Waals surface area contributed by atoms with Crippen LogP contribution >= 0.6 is 15.8 Å². The van der Waals surface area contributed by atoms with Gasteiger partial charge in [0.25, 0.3) is 0 Å². The molecule has 30 heavy (non-hydrogen) atoms. The summed E-state index contributed by atoms with van der Waals surface area (Å²) in [6, 6.07) is 43.4. The van der Waals surface area contributed by atoms with E-state index in [0.29, 0.717) is 0 Å². The minimum atomic E-state index is -0.592. The highest BCUT2D eigenvalue weighted by Crippen LogP contribution is 2.42. The second kappa shape index (κ2) is 10.6. The standard InChI is InChI=1S/C27H27NP2/c28-27(30(25-17-9-3-10-18-25)26-19-11-4-12-20-26)21-22-29(23-13-5-1-6-14-23)24-15-7-2-8-16-24/h1-20,27H,21-22,28H2. The van der Waals surface area contributed by atoms with Crippen LogP contribution in [0.4, 0.5) is 0 Å². The van der Waals surface area contributed by atoms with E-state index in [1.54, 1.807) is 0 Å². The van der Waals surface area contributed by atoms with Gasteiger partial charge in [-0.15, -0.1) is 0 Å². The Morgan fingerprint density at radius 1 is 0.500 bits per heavy atom. The van der Waals surface area contributed by atoms with E-state index in [0.717, 1.165) is 12.6 Å². The van der Waals surface area contributed by atoms with Crippen molar-refractivity contribution < 1.29 is 0 Å². The van der Waals surface area contributed by atoms with Crippen molar-refractivity contribution in [3.63, 3.8) is 0 Å². The van der Waals surface area contributed by atoms with E-state index >= 15 is 0 Å². The van der Waals surface area contributed by atoms with E-state index in [1.807, 2.05) is 0 Å². The zero-order valence-electron chi connectivity index (χ0n) is 17.0. The molecule has 0 aliphatic heterocycles. The molecular weight excluding hydrogens is 400 g/mol. The fraction of sp³-hybridized carbons (Fsp3) is 0.111. The van der Waals surface area contributed by atoms with Gasteiger partial charge in [0.05, 0.1) is 0 Å². The van der Waals surface area contributed by atoms with Crippen molar-refractivity contribution in [2.75, 3.05) is 6.16 Å². The van der Waals surface area contributed by atoms with Crippen LogP contribution in [0.5, 0.6) is 0 Å². The quantitative estimate of drug-likeness (QED) is 0.397. The smallest absolute Gasteiger partial charge is 0.0329 e. The second-order valence-corrected chi connectivity index (χ2v) is 12.0. The van der Waals surface area contributed by atoms with Gasteiger partial charge in [-0.05, 0) is 49.6 Å². The second-order valence-electron chi connectivity index (χ2n) is 7.22. The Bertz CT molecular complexity index is 929. The molecule has 0 spiro atoms. The number of nitrogens with two attached hydrogens (primary N) is 1. The number of hydrogen-bond donors (Lipinski definition) is 1. The SMILES string of the molecule is NC(CCP(c1ccccc1)c1ccccc1)P(c1ccccc1)c1ccccc1. The van der Waals surface area contributed by atoms with Crippen molar-refractivity contribution in [3.05, 3.63) is 121 Å². The molecular formula is C27H27NP2. The van der Waals surface area contributed by atoms with E-state index in [4.69, 9.17) is 5.73 Å². The van der Waals surface area contributed by atoms with E-state index < -0.39 is 15.8 Å². The molecule has 4 rings (SSSR count). The summed E-state index contributed by atoms with van der Waals surface area (Å²) in [5.41, 5.74) is 6.93. The number of rotatable bonds is 8. The first-order chi connectivity index (χ1) is 14.8. The largest absolute Gasteiger partial charge is 0.324 e. The van der Waals surface area contributed by atoms with Crippen LogP contribution in [0.25, 0.3) is 0 Å². The fourth-order valence-corrected chi connectivity index (χ4v) is 8.78. The van der Waals surface area contributed by atoms with Gasteiger partial charge in [0, 0.05) is 5.78 Å². The minimum absolute atomic E-state index is 0.127. The van der Waals surface area contributed by atoms with Crippen LogP contribution in [0.2, 0.25) is 0 Å². The molecule has 0 saturated heterocycles. The average Bonchev–Trinajstić information content (AvgIpc) is 2.82. The third kappa shape index (κ3) is 5.24. The lowest BCUT2D eigenvalue weighted by atomic mass is 10.4. The van der Waals surface area contributed by atoms with Gasteiger partial charge in [-0.3, -0.25) is 0 Å². The van der Waals surface area contributed by atoms with Crippen molar-refractivity contribution in [1.82, 2.24) is 0 Å². The monoisotopic (exact) mass is 427 g/mol. The molecule has 0 radical (unpaired) electrons. The summed E-state index contributed by atoms with van der Waals surface area (Å²) in [4.78, 5) is 0. The molecule has 0 fully saturated rings. The van der Waals surface area contributed by atoms with Gasteiger partial charge in [-0.2, -0.15) is 0 Å². The van der Waals surface area contributed by atoms with Crippen molar-refractivity contribution >= 4 is 37.1 Å². The summed E-state index contributed by atoms with van der Waals surface area (Å²) in [5.74, 6) is 0.127. The van der Waals surface area contributed by atoms with Crippen LogP contribution in [-0.2, 0) is 0 Å². The lowest BCUT2D eigenvalue weighted by molar-refractivity contribution is 0.868. The predicted molar refractivity (Wildman–Crippen MR) is 136 cm³/mol. The van der Waals surface area contributed by atoms with Gasteiger partial charge < -0.3 is 5.73 Å². The molecule has 0 aromatic heterocycles. The molecule has 1 nitrogen and oxygen atoms in total. The molecule has 2 N–H and O–H groups in total. The Morgan fingerprint density at radius 3 is 1.20 bits per heavy atom. The summed E-state index contributed by atoms with van der Waals surface area (Å²) >= 11 is 0. The fourth-order valence-electron chi connectivity index (χ4n) is 3.72. The molecule has 0 bridgehead atoms. The lowest BCUT2D eigenvalue weighted by Crippen LogP contribution is -2.30. The Kier molecular flexibility index (Phi) is 7.44. The van der Waals surface area contributed by atoms with E-state index in [-0.39, 0.29) is 5.78 Å². The molecule has 4 aromatic carbocycles. The maximum atomic E-state index is 6.93. The van der Waals surface area contributed by atoms with Gasteiger partial charge in [-0.1, -0.05) is 121 Å². The molecule has 0 aliphatic rings. The van der Waals surface area contributed by atoms with Crippen molar-refractivity contribution in [3.8, 4) is 0 Å². The number of hydrogen-bond acceptors (Lipinski definition) is 1. The first kappa shape index (κ1) is 21.0. The van der Waals surface area contributed by atoms with Gasteiger partial charge in [0.1, 0.15) is 0 Å². The molecule has 3 heteroatoms. The normalized spacial score (nSPS) is 12.2. The van der Waals surface area contributed by atoms with E-state index in [9.17, 15) is 0 Å². The third-order valence-electron chi connectivity index (χ3n) is 5.18. The maximum absolute atomic E-state index is 6.93. The van der Waals surface area contributed by atoms with Gasteiger partial charge in [-0.25, -0.2) is 0 Å². The Labute approximate surface area is 182 Å². The summed E-state index contributed by atoms with van der Waals surface area (Å²) in [6.07, 6.45) is 2.11. The Hall–Kier alpha value is -2.30. The summed E-state index contributed by atoms with van der Waals surface area (Å²) in [7, 11) is -1.01. The maximum Gasteiger partial charge on any atom is 0.0329 e. The highest BCUT2D eigenvalue weighted by Gasteiger charge is 2.23. The van der Waals surface area contributed by atoms with Crippen LogP contribution in [-0.4, -0.2) is 11.9 Å². The number of benzene rings is 4. The molecule has 0 heterocycles. The lowest BCUT2D eigenvalue weighted by Gasteiger charge is -2.27. The van der Waals surface area contributed by atoms with Crippen LogP contribution in [0.3, 0.4) is 0 Å². The summed E-state index contributed by atoms with van der Waals surface area (Å²) < 4.78 is 0. The summed E-state index contributed by atoms with van der Waals surface area (Å²) in [5, 5.41) is 5.56. The van der Waals surface area contributed by atoms with Gasteiger partial charge >= 0.3 is 0 Å². The highest BCUT2D eigenvalue weighted by atomic mass is 31.1. The molecule has 4 aromatic rings. The van der Waals surface area contributed by atoms with Crippen LogP contribution in [0.1, 0.15) is 6.42 Å². The molecule has 0 amide bonds. The zero-order chi connectivity index (χ0) is 20.6. The van der Waals surface area contributed by atoms with Crippen molar-refractivity contribution in [1.29, 1.82) is 0 Å². The zero-order valence-corrected chi connectivity index (χ0v) is 18.8. The minimum Gasteiger partial charge on any atom is -0.324 e. The molecule has 0 aliphatic carbocycles. The summed E-state index contributed by atoms with van der Waals surface area (Å²) in [6.45, 7) is 0. The van der Waals surface area contributed by atoms with Crippen LogP contribution in [0.15, 0.2) is 121 Å². The average molecular weight is 427 g/mol. The Balaban J connectivity index is 1.59. The Morgan fingerprint density at radius 2 is 0.833 bits per heavy atom. The first-order valence-electron chi connectivity index (χ1n) is 10.4. The molecule has 150 valence electrons. The topological polar surface area (TPSA) is 26.0 Å². The predicted octanol–water partition coefficient (Wildman–Crippen LogP) is 4.93. The highest BCUT2D eigenvalue weighted by molar-refractivity contribution is 7.74. The molecule has 1 atom stereocenters.